The van der Waals surface area contributed by atoms with Gasteiger partial charge in [0.1, 0.15) is 23.4 Å². The molecule has 15 heavy (non-hydrogen) atoms. The van der Waals surface area contributed by atoms with Crippen LogP contribution in [0, 0.1) is 15.6 Å². The number of nitro groups is 1. The van der Waals surface area contributed by atoms with Gasteiger partial charge in [-0.25, -0.2) is 0 Å². The van der Waals surface area contributed by atoms with Crippen molar-refractivity contribution in [2.75, 3.05) is 6.61 Å². The van der Waals surface area contributed by atoms with Gasteiger partial charge in [0.15, 0.2) is 6.04 Å². The van der Waals surface area contributed by atoms with Gasteiger partial charge >= 0.3 is 11.8 Å². The molecular weight excluding hydrogens is 204 g/mol. The molecule has 0 saturated carbocycles. The van der Waals surface area contributed by atoms with Crippen LogP contribution in [0.1, 0.15) is 0 Å². The van der Waals surface area contributed by atoms with Crippen molar-refractivity contribution in [3.63, 3.8) is 0 Å². The summed E-state index contributed by atoms with van der Waals surface area (Å²) in [6.45, 7) is 0.620. The lowest BCUT2D eigenvalue weighted by Gasteiger charge is -2.13. The molecule has 2 rings (SSSR count). The number of aromatic nitrogens is 2. The van der Waals surface area contributed by atoms with E-state index in [0.717, 1.165) is 0 Å². The molecule has 0 saturated heterocycles. The van der Waals surface area contributed by atoms with E-state index in [1.165, 1.54) is 10.8 Å². The highest BCUT2D eigenvalue weighted by molar-refractivity contribution is 5.21. The lowest BCUT2D eigenvalue weighted by Crippen LogP contribution is -2.28. The molecule has 0 spiro atoms. The first-order valence-corrected chi connectivity index (χ1v) is 4.11. The minimum Gasteiger partial charge on any atom is -0.443 e. The van der Waals surface area contributed by atoms with Crippen molar-refractivity contribution < 1.29 is 9.66 Å². The Morgan fingerprint density at radius 3 is 3.33 bits per heavy atom. The molecule has 0 aromatic carbocycles. The number of ether oxygens (including phenoxy) is 1. The SMILES string of the molecule is N=[N+]=N[C@@H]1COc2nc([N+](=O)[O-])cn2C1. The predicted octanol–water partition coefficient (Wildman–Crippen LogP) is 0.103. The van der Waals surface area contributed by atoms with E-state index in [9.17, 15) is 10.1 Å². The largest absolute Gasteiger partial charge is 0.443 e. The van der Waals surface area contributed by atoms with Gasteiger partial charge in [0.25, 0.3) is 0 Å². The van der Waals surface area contributed by atoms with Gasteiger partial charge in [-0.2, -0.15) is 0 Å². The van der Waals surface area contributed by atoms with Crippen molar-refractivity contribution in [3.05, 3.63) is 16.3 Å². The van der Waals surface area contributed by atoms with Gasteiger partial charge in [0, 0.05) is 4.98 Å². The van der Waals surface area contributed by atoms with E-state index in [-0.39, 0.29) is 24.5 Å². The second kappa shape index (κ2) is 3.46. The third-order valence-corrected chi connectivity index (χ3v) is 1.95. The van der Waals surface area contributed by atoms with Crippen LogP contribution in [0.15, 0.2) is 11.3 Å². The topological polar surface area (TPSA) is 121 Å². The Hall–Kier alpha value is -2.28. The average molecular weight is 211 g/mol. The fourth-order valence-electron chi connectivity index (χ4n) is 1.32. The van der Waals surface area contributed by atoms with E-state index in [1.807, 2.05) is 0 Å². The predicted molar refractivity (Wildman–Crippen MR) is 45.4 cm³/mol. The summed E-state index contributed by atoms with van der Waals surface area (Å²) in [5.41, 5.74) is 6.57. The first-order valence-electron chi connectivity index (χ1n) is 4.11. The van der Waals surface area contributed by atoms with E-state index in [4.69, 9.17) is 10.3 Å². The standard InChI is InChI=1S/C6H7N6O3/c7-10-9-4-1-11-2-5(12(13)14)8-6(11)15-3-4/h2,4,7H,1,3H2/q+1/t4-/m0/s1. The highest BCUT2D eigenvalue weighted by Gasteiger charge is 2.29. The normalized spacial score (nSPS) is 18.5. The summed E-state index contributed by atoms with van der Waals surface area (Å²) < 4.78 is 6.62. The summed E-state index contributed by atoms with van der Waals surface area (Å²) in [4.78, 5) is 16.4. The van der Waals surface area contributed by atoms with Crippen molar-refractivity contribution in [2.45, 2.75) is 12.6 Å². The minimum absolute atomic E-state index is 0.207. The van der Waals surface area contributed by atoms with E-state index < -0.39 is 4.92 Å². The molecule has 1 aromatic heterocycles. The zero-order valence-electron chi connectivity index (χ0n) is 7.53. The van der Waals surface area contributed by atoms with Crippen LogP contribution in [0.5, 0.6) is 6.01 Å². The van der Waals surface area contributed by atoms with Crippen LogP contribution in [0.2, 0.25) is 0 Å². The quantitative estimate of drug-likeness (QED) is 0.322. The van der Waals surface area contributed by atoms with Gasteiger partial charge in [0.05, 0.1) is 6.54 Å². The van der Waals surface area contributed by atoms with Crippen LogP contribution in [0.3, 0.4) is 0 Å². The molecule has 78 valence electrons. The van der Waals surface area contributed by atoms with Crippen molar-refractivity contribution in [3.8, 4) is 6.01 Å². The van der Waals surface area contributed by atoms with Gasteiger partial charge in [0.2, 0.25) is 4.91 Å². The van der Waals surface area contributed by atoms with Gasteiger partial charge in [-0.1, -0.05) is 0 Å². The molecule has 9 nitrogen and oxygen atoms in total. The Labute approximate surface area is 83.1 Å². The van der Waals surface area contributed by atoms with Crippen molar-refractivity contribution in [1.29, 1.82) is 5.53 Å². The van der Waals surface area contributed by atoms with E-state index in [0.29, 0.717) is 6.54 Å². The Morgan fingerprint density at radius 2 is 2.67 bits per heavy atom. The zero-order valence-corrected chi connectivity index (χ0v) is 7.53. The summed E-state index contributed by atoms with van der Waals surface area (Å²) in [7, 11) is 0. The third-order valence-electron chi connectivity index (χ3n) is 1.95. The lowest BCUT2D eigenvalue weighted by molar-refractivity contribution is -0.389. The number of hydrogen-bond acceptors (Lipinski definition) is 6. The molecule has 0 unspecified atom stereocenters. The molecule has 1 N–H and O–H groups in total. The fourth-order valence-corrected chi connectivity index (χ4v) is 1.32. The van der Waals surface area contributed by atoms with Crippen molar-refractivity contribution in [1.82, 2.24) is 14.5 Å². The highest BCUT2D eigenvalue weighted by Crippen LogP contribution is 2.21. The van der Waals surface area contributed by atoms with Crippen LogP contribution < -0.4 is 9.65 Å². The molecule has 1 aromatic rings. The van der Waals surface area contributed by atoms with Crippen LogP contribution >= 0.6 is 0 Å². The second-order valence-corrected chi connectivity index (χ2v) is 2.97. The molecule has 0 fully saturated rings. The number of hydrogen-bond donors (Lipinski definition) is 1. The van der Waals surface area contributed by atoms with E-state index in [2.05, 4.69) is 15.0 Å². The second-order valence-electron chi connectivity index (χ2n) is 2.97. The first kappa shape index (κ1) is 9.28. The molecular formula is C6H7N6O3+. The summed E-state index contributed by atoms with van der Waals surface area (Å²) in [5, 5.41) is 14.0. The molecule has 1 aliphatic heterocycles. The lowest BCUT2D eigenvalue weighted by atomic mass is 10.3. The van der Waals surface area contributed by atoms with Gasteiger partial charge in [-0.3, -0.25) is 4.57 Å². The monoisotopic (exact) mass is 211 g/mol. The minimum atomic E-state index is -0.588. The molecule has 0 amide bonds. The summed E-state index contributed by atoms with van der Waals surface area (Å²) in [5.74, 6) is -0.256. The van der Waals surface area contributed by atoms with Crippen LogP contribution in [0.25, 0.3) is 0 Å². The number of nitrogens with zero attached hydrogens (tertiary/aromatic N) is 5. The Morgan fingerprint density at radius 1 is 1.87 bits per heavy atom. The van der Waals surface area contributed by atoms with E-state index >= 15 is 0 Å². The smallest absolute Gasteiger partial charge is 0.414 e. The molecule has 0 radical (unpaired) electrons. The molecule has 2 heterocycles. The van der Waals surface area contributed by atoms with Crippen molar-refractivity contribution in [2.24, 2.45) is 5.11 Å². The maximum Gasteiger partial charge on any atom is 0.414 e. The average Bonchev–Trinajstić information content (AvgIpc) is 2.61. The van der Waals surface area contributed by atoms with Gasteiger partial charge in [-0.15, -0.1) is 0 Å². The van der Waals surface area contributed by atoms with Crippen molar-refractivity contribution >= 4 is 5.82 Å². The highest BCUT2D eigenvalue weighted by atomic mass is 16.6. The number of fused-ring (bicyclic) bond motifs is 1. The fraction of sp³-hybridized carbons (Fsp3) is 0.500. The Kier molecular flexibility index (Phi) is 2.14. The van der Waals surface area contributed by atoms with Gasteiger partial charge < -0.3 is 14.9 Å². The molecule has 0 bridgehead atoms. The molecule has 1 aliphatic rings. The number of imidazole rings is 1. The summed E-state index contributed by atoms with van der Waals surface area (Å²) >= 11 is 0. The molecule has 1 atom stereocenters. The summed E-state index contributed by atoms with van der Waals surface area (Å²) in [6, 6.07) is -0.0815. The van der Waals surface area contributed by atoms with Crippen LogP contribution in [-0.4, -0.2) is 27.1 Å². The molecule has 9 heteroatoms. The maximum absolute atomic E-state index is 10.4. The van der Waals surface area contributed by atoms with Crippen LogP contribution in [0.4, 0.5) is 5.82 Å². The number of rotatable bonds is 2. The van der Waals surface area contributed by atoms with E-state index in [1.54, 1.807) is 0 Å². The first-order chi connectivity index (χ1) is 7.20. The zero-order chi connectivity index (χ0) is 10.8. The van der Waals surface area contributed by atoms with Gasteiger partial charge in [-0.05, 0) is 4.92 Å². The van der Waals surface area contributed by atoms with Crippen LogP contribution in [-0.2, 0) is 6.54 Å². The third kappa shape index (κ3) is 1.67. The Bertz CT molecular complexity index is 448. The summed E-state index contributed by atoms with van der Waals surface area (Å²) in [6.07, 6.45) is 1.28. The maximum atomic E-state index is 10.4. The molecule has 0 aliphatic carbocycles. The number of nitrogens with one attached hydrogen (secondary N) is 1. The Balaban J connectivity index is 2.26.